The largest absolute Gasteiger partial charge is 0.391 e. The van der Waals surface area contributed by atoms with Crippen molar-refractivity contribution in [2.75, 3.05) is 0 Å². The normalized spacial score (nSPS) is 19.4. The summed E-state index contributed by atoms with van der Waals surface area (Å²) >= 11 is 2.27. The maximum absolute atomic E-state index is 10.1. The molecule has 3 N–H and O–H groups in total. The van der Waals surface area contributed by atoms with Crippen LogP contribution in [0.2, 0.25) is 0 Å². The molecule has 0 aromatic heterocycles. The molecule has 0 heterocycles. The highest BCUT2D eigenvalue weighted by molar-refractivity contribution is 14.1. The molecule has 0 saturated heterocycles. The van der Waals surface area contributed by atoms with E-state index in [1.54, 1.807) is 0 Å². The minimum atomic E-state index is -0.378. The molecule has 0 unspecified atom stereocenters. The number of hydrogen-bond donors (Lipinski definition) is 2. The highest BCUT2D eigenvalue weighted by Gasteiger charge is 2.30. The highest BCUT2D eigenvalue weighted by Crippen LogP contribution is 2.34. The molecule has 16 heavy (non-hydrogen) atoms. The van der Waals surface area contributed by atoms with Crippen molar-refractivity contribution in [1.82, 2.24) is 0 Å². The first kappa shape index (κ1) is 14.2. The fraction of sp³-hybridized carbons (Fsp3) is 0.500. The zero-order valence-corrected chi connectivity index (χ0v) is 11.9. The van der Waals surface area contributed by atoms with Crippen molar-refractivity contribution < 1.29 is 5.11 Å². The van der Waals surface area contributed by atoms with Gasteiger partial charge >= 0.3 is 0 Å². The maximum Gasteiger partial charge on any atom is 0.0760 e. The van der Waals surface area contributed by atoms with Crippen LogP contribution in [-0.2, 0) is 0 Å². The summed E-state index contributed by atoms with van der Waals surface area (Å²) in [6, 6.07) is 7.84. The van der Waals surface area contributed by atoms with Crippen molar-refractivity contribution in [3.63, 3.8) is 0 Å². The van der Waals surface area contributed by atoms with Gasteiger partial charge in [0, 0.05) is 3.57 Å². The Bertz CT molecular complexity index is 344. The van der Waals surface area contributed by atoms with Crippen molar-refractivity contribution in [2.45, 2.75) is 31.4 Å². The summed E-state index contributed by atoms with van der Waals surface area (Å²) in [5, 5.41) is 10.1. The van der Waals surface area contributed by atoms with Crippen LogP contribution >= 0.6 is 35.0 Å². The first-order valence-corrected chi connectivity index (χ1v) is 6.45. The van der Waals surface area contributed by atoms with Crippen LogP contribution in [0.1, 0.15) is 30.9 Å². The molecule has 1 fully saturated rings. The van der Waals surface area contributed by atoms with E-state index in [-0.39, 0.29) is 24.6 Å². The second-order valence-electron chi connectivity index (χ2n) is 4.26. The summed E-state index contributed by atoms with van der Waals surface area (Å²) in [5.74, 6) is 0.415. The van der Waals surface area contributed by atoms with E-state index in [0.29, 0.717) is 5.92 Å². The van der Waals surface area contributed by atoms with Gasteiger partial charge in [0.1, 0.15) is 0 Å². The Hall–Kier alpha value is 0.160. The van der Waals surface area contributed by atoms with Crippen LogP contribution in [-0.4, -0.2) is 11.2 Å². The van der Waals surface area contributed by atoms with Gasteiger partial charge in [-0.1, -0.05) is 18.6 Å². The average Bonchev–Trinajstić information content (AvgIpc) is 2.14. The number of nitrogens with two attached hydrogens (primary N) is 1. The molecule has 1 saturated carbocycles. The lowest BCUT2D eigenvalue weighted by molar-refractivity contribution is 0.0413. The number of aliphatic hydroxyl groups excluding tert-OH is 1. The number of benzene rings is 1. The predicted molar refractivity (Wildman–Crippen MR) is 76.7 cm³/mol. The van der Waals surface area contributed by atoms with Gasteiger partial charge in [-0.25, -0.2) is 0 Å². The molecule has 2 atom stereocenters. The van der Waals surface area contributed by atoms with Crippen LogP contribution in [0.4, 0.5) is 0 Å². The van der Waals surface area contributed by atoms with E-state index >= 15 is 0 Å². The molecule has 0 spiro atoms. The van der Waals surface area contributed by atoms with E-state index in [0.717, 1.165) is 18.4 Å². The lowest BCUT2D eigenvalue weighted by Crippen LogP contribution is -2.36. The van der Waals surface area contributed by atoms with E-state index in [1.807, 2.05) is 24.3 Å². The van der Waals surface area contributed by atoms with Crippen molar-refractivity contribution in [1.29, 1.82) is 0 Å². The van der Waals surface area contributed by atoms with Gasteiger partial charge in [-0.3, -0.25) is 0 Å². The van der Waals surface area contributed by atoms with E-state index < -0.39 is 0 Å². The fourth-order valence-corrected chi connectivity index (χ4v) is 2.55. The van der Waals surface area contributed by atoms with Gasteiger partial charge in [0.15, 0.2) is 0 Å². The Morgan fingerprint density at radius 2 is 2.06 bits per heavy atom. The molecule has 1 aromatic rings. The zero-order valence-electron chi connectivity index (χ0n) is 8.97. The standard InChI is InChI=1S/C12H16INO.ClH/c13-10-6-2-5-9(7-10)11(14)12(15)8-3-1-4-8;/h2,5-8,11-12,15H,1,3-4,14H2;1H/t11-,12+;/m0./s1. The molecule has 0 bridgehead atoms. The molecule has 0 aliphatic heterocycles. The van der Waals surface area contributed by atoms with Gasteiger partial charge in [-0.2, -0.15) is 0 Å². The highest BCUT2D eigenvalue weighted by atomic mass is 127. The minimum absolute atomic E-state index is 0. The Morgan fingerprint density at radius 3 is 2.56 bits per heavy atom. The van der Waals surface area contributed by atoms with Crippen molar-refractivity contribution in [3.05, 3.63) is 33.4 Å². The molecule has 1 aliphatic rings. The van der Waals surface area contributed by atoms with Crippen molar-refractivity contribution in [3.8, 4) is 0 Å². The predicted octanol–water partition coefficient (Wildman–Crippen LogP) is 2.87. The average molecular weight is 354 g/mol. The Morgan fingerprint density at radius 1 is 1.38 bits per heavy atom. The number of hydrogen-bond acceptors (Lipinski definition) is 2. The summed E-state index contributed by atoms with van der Waals surface area (Å²) in [5.41, 5.74) is 7.11. The van der Waals surface area contributed by atoms with Crippen LogP contribution in [0, 0.1) is 9.49 Å². The first-order chi connectivity index (χ1) is 7.18. The summed E-state index contributed by atoms with van der Waals surface area (Å²) in [7, 11) is 0. The van der Waals surface area contributed by atoms with Gasteiger partial charge in [-0.05, 0) is 59.0 Å². The molecule has 4 heteroatoms. The molecular formula is C12H17ClINO. The van der Waals surface area contributed by atoms with Gasteiger partial charge in [0.05, 0.1) is 12.1 Å². The molecule has 0 amide bonds. The van der Waals surface area contributed by atoms with E-state index in [9.17, 15) is 5.11 Å². The molecule has 1 aromatic carbocycles. The van der Waals surface area contributed by atoms with Gasteiger partial charge in [-0.15, -0.1) is 12.4 Å². The van der Waals surface area contributed by atoms with Crippen LogP contribution in [0.25, 0.3) is 0 Å². The van der Waals surface area contributed by atoms with Crippen LogP contribution in [0.3, 0.4) is 0 Å². The van der Waals surface area contributed by atoms with Gasteiger partial charge in [0.2, 0.25) is 0 Å². The Kier molecular flexibility index (Phi) is 5.50. The second-order valence-corrected chi connectivity index (χ2v) is 5.51. The molecule has 2 rings (SSSR count). The van der Waals surface area contributed by atoms with Gasteiger partial charge in [0.25, 0.3) is 0 Å². The second kappa shape index (κ2) is 6.19. The van der Waals surface area contributed by atoms with Crippen LogP contribution in [0.5, 0.6) is 0 Å². The Labute approximate surface area is 116 Å². The summed E-state index contributed by atoms with van der Waals surface area (Å²) in [6.45, 7) is 0. The maximum atomic E-state index is 10.1. The molecule has 2 nitrogen and oxygen atoms in total. The molecule has 90 valence electrons. The Balaban J connectivity index is 0.00000128. The lowest BCUT2D eigenvalue weighted by atomic mass is 9.77. The van der Waals surface area contributed by atoms with Crippen molar-refractivity contribution >= 4 is 35.0 Å². The third kappa shape index (κ3) is 3.09. The van der Waals surface area contributed by atoms with Crippen molar-refractivity contribution in [2.24, 2.45) is 11.7 Å². The minimum Gasteiger partial charge on any atom is -0.391 e. The third-order valence-electron chi connectivity index (χ3n) is 3.23. The van der Waals surface area contributed by atoms with Crippen LogP contribution < -0.4 is 5.73 Å². The summed E-state index contributed by atoms with van der Waals surface area (Å²) in [6.07, 6.45) is 3.11. The third-order valence-corrected chi connectivity index (χ3v) is 3.91. The topological polar surface area (TPSA) is 46.2 Å². The SMILES string of the molecule is Cl.N[C@@H](c1cccc(I)c1)[C@H](O)C1CCC1. The number of halogens is 2. The summed E-state index contributed by atoms with van der Waals surface area (Å²) < 4.78 is 1.17. The van der Waals surface area contributed by atoms with Crippen LogP contribution in [0.15, 0.2) is 24.3 Å². The zero-order chi connectivity index (χ0) is 10.8. The first-order valence-electron chi connectivity index (χ1n) is 5.37. The van der Waals surface area contributed by atoms with Gasteiger partial charge < -0.3 is 10.8 Å². The lowest BCUT2D eigenvalue weighted by Gasteiger charge is -2.33. The monoisotopic (exact) mass is 353 g/mol. The number of aliphatic hydroxyl groups is 1. The van der Waals surface area contributed by atoms with E-state index in [4.69, 9.17) is 5.73 Å². The smallest absolute Gasteiger partial charge is 0.0760 e. The molecular weight excluding hydrogens is 336 g/mol. The molecule has 0 radical (unpaired) electrons. The quantitative estimate of drug-likeness (QED) is 0.821. The molecule has 1 aliphatic carbocycles. The van der Waals surface area contributed by atoms with E-state index in [2.05, 4.69) is 22.6 Å². The van der Waals surface area contributed by atoms with E-state index in [1.165, 1.54) is 9.99 Å². The fourth-order valence-electron chi connectivity index (χ4n) is 1.99. The number of rotatable bonds is 3. The summed E-state index contributed by atoms with van der Waals surface area (Å²) in [4.78, 5) is 0.